The van der Waals surface area contributed by atoms with Crippen molar-refractivity contribution in [3.63, 3.8) is 0 Å². The van der Waals surface area contributed by atoms with E-state index in [2.05, 4.69) is 9.97 Å². The van der Waals surface area contributed by atoms with Crippen molar-refractivity contribution < 1.29 is 36.2 Å². The molecule has 0 atom stereocenters. The highest BCUT2D eigenvalue weighted by atomic mass is 19.4. The van der Waals surface area contributed by atoms with Crippen LogP contribution in [0.2, 0.25) is 0 Å². The van der Waals surface area contributed by atoms with Crippen molar-refractivity contribution >= 4 is 0 Å². The van der Waals surface area contributed by atoms with E-state index in [1.165, 1.54) is 7.11 Å². The Labute approximate surface area is 136 Å². The Bertz CT molecular complexity index is 491. The van der Waals surface area contributed by atoms with Crippen LogP contribution < -0.4 is 0 Å². The first-order chi connectivity index (χ1) is 11.2. The Balaban J connectivity index is 2.82. The summed E-state index contributed by atoms with van der Waals surface area (Å²) in [5.41, 5.74) is -1.75. The third-order valence-electron chi connectivity index (χ3n) is 3.09. The number of nitrogens with zero attached hydrogens (tertiary/aromatic N) is 1. The molecule has 10 heteroatoms. The molecule has 24 heavy (non-hydrogen) atoms. The van der Waals surface area contributed by atoms with E-state index in [0.29, 0.717) is 13.0 Å². The van der Waals surface area contributed by atoms with Gasteiger partial charge >= 0.3 is 12.1 Å². The maximum atomic E-state index is 13.6. The van der Waals surface area contributed by atoms with Crippen molar-refractivity contribution in [2.24, 2.45) is 0 Å². The summed E-state index contributed by atoms with van der Waals surface area (Å²) in [5, 5.41) is 0. The van der Waals surface area contributed by atoms with Crippen molar-refractivity contribution in [3.8, 4) is 0 Å². The van der Waals surface area contributed by atoms with Crippen LogP contribution in [0.5, 0.6) is 0 Å². The maximum Gasteiger partial charge on any atom is 0.459 e. The number of rotatable bonds is 11. The van der Waals surface area contributed by atoms with Gasteiger partial charge in [0.15, 0.2) is 0 Å². The number of nitrogens with one attached hydrogen (secondary N) is 1. The molecular weight excluding hydrogens is 339 g/mol. The Morgan fingerprint density at radius 3 is 2.38 bits per heavy atom. The topological polar surface area (TPSA) is 56.4 Å². The summed E-state index contributed by atoms with van der Waals surface area (Å²) in [6.07, 6.45) is -4.08. The molecule has 0 amide bonds. The zero-order valence-corrected chi connectivity index (χ0v) is 13.5. The lowest BCUT2D eigenvalue weighted by atomic mass is 10.2. The molecular formula is C14H21F5N2O3. The van der Waals surface area contributed by atoms with Crippen LogP contribution in [0.4, 0.5) is 22.0 Å². The van der Waals surface area contributed by atoms with Gasteiger partial charge in [-0.15, -0.1) is 0 Å². The van der Waals surface area contributed by atoms with E-state index < -0.39 is 30.1 Å². The van der Waals surface area contributed by atoms with Crippen molar-refractivity contribution in [2.75, 3.05) is 27.1 Å². The van der Waals surface area contributed by atoms with Crippen LogP contribution in [0, 0.1) is 0 Å². The van der Waals surface area contributed by atoms with Gasteiger partial charge in [-0.1, -0.05) is 13.3 Å². The molecule has 5 nitrogen and oxygen atoms in total. The third kappa shape index (κ3) is 5.67. The van der Waals surface area contributed by atoms with Gasteiger partial charge in [-0.25, -0.2) is 4.98 Å². The van der Waals surface area contributed by atoms with Crippen molar-refractivity contribution in [3.05, 3.63) is 17.2 Å². The van der Waals surface area contributed by atoms with Crippen LogP contribution in [0.1, 0.15) is 37.0 Å². The Hall–Kier alpha value is -1.26. The largest absolute Gasteiger partial charge is 0.459 e. The first-order valence-corrected chi connectivity index (χ1v) is 7.41. The first-order valence-electron chi connectivity index (χ1n) is 7.41. The van der Waals surface area contributed by atoms with E-state index in [1.54, 1.807) is 0 Å². The lowest BCUT2D eigenvalue weighted by Gasteiger charge is -2.18. The van der Waals surface area contributed by atoms with Gasteiger partial charge in [0.2, 0.25) is 0 Å². The molecule has 140 valence electrons. The summed E-state index contributed by atoms with van der Waals surface area (Å²) >= 11 is 0. The Morgan fingerprint density at radius 2 is 1.79 bits per heavy atom. The average molecular weight is 360 g/mol. The van der Waals surface area contributed by atoms with Crippen LogP contribution >= 0.6 is 0 Å². The van der Waals surface area contributed by atoms with Gasteiger partial charge < -0.3 is 19.2 Å². The van der Waals surface area contributed by atoms with Crippen LogP contribution in [0.25, 0.3) is 0 Å². The van der Waals surface area contributed by atoms with Gasteiger partial charge in [-0.2, -0.15) is 22.0 Å². The number of hydrogen-bond donors (Lipinski definition) is 1. The number of hydrogen-bond acceptors (Lipinski definition) is 4. The molecule has 0 aromatic carbocycles. The maximum absolute atomic E-state index is 13.6. The number of aromatic amines is 1. The summed E-state index contributed by atoms with van der Waals surface area (Å²) in [5.74, 6) is -4.97. The van der Waals surface area contributed by atoms with Crippen LogP contribution in [-0.4, -0.2) is 43.3 Å². The minimum atomic E-state index is -5.73. The van der Waals surface area contributed by atoms with E-state index in [1.807, 2.05) is 6.92 Å². The second-order valence-corrected chi connectivity index (χ2v) is 5.05. The molecule has 0 unspecified atom stereocenters. The van der Waals surface area contributed by atoms with E-state index in [9.17, 15) is 22.0 Å². The summed E-state index contributed by atoms with van der Waals surface area (Å²) in [6.45, 7) is 1.64. The number of halogens is 5. The van der Waals surface area contributed by atoms with Gasteiger partial charge in [-0.05, 0) is 6.42 Å². The zero-order chi connectivity index (χ0) is 18.2. The van der Waals surface area contributed by atoms with Gasteiger partial charge in [0, 0.05) is 13.5 Å². The lowest BCUT2D eigenvalue weighted by molar-refractivity contribution is -0.291. The molecule has 0 radical (unpaired) electrons. The summed E-state index contributed by atoms with van der Waals surface area (Å²) < 4.78 is 79.7. The van der Waals surface area contributed by atoms with Crippen LogP contribution in [0.3, 0.4) is 0 Å². The number of ether oxygens (including phenoxy) is 3. The second kappa shape index (κ2) is 9.28. The predicted octanol–water partition coefficient (Wildman–Crippen LogP) is 3.54. The van der Waals surface area contributed by atoms with E-state index in [4.69, 9.17) is 14.2 Å². The molecule has 0 aliphatic heterocycles. The molecule has 1 aromatic rings. The van der Waals surface area contributed by atoms with Crippen molar-refractivity contribution in [2.45, 2.75) is 44.9 Å². The average Bonchev–Trinajstić information content (AvgIpc) is 2.91. The summed E-state index contributed by atoms with van der Waals surface area (Å²) in [6, 6.07) is 0. The van der Waals surface area contributed by atoms with Gasteiger partial charge in [0.25, 0.3) is 0 Å². The third-order valence-corrected chi connectivity index (χ3v) is 3.09. The predicted molar refractivity (Wildman–Crippen MR) is 74.6 cm³/mol. The number of aryl methyl sites for hydroxylation is 1. The second-order valence-electron chi connectivity index (χ2n) is 5.05. The highest BCUT2D eigenvalue weighted by Crippen LogP contribution is 2.44. The van der Waals surface area contributed by atoms with Gasteiger partial charge in [-0.3, -0.25) is 0 Å². The van der Waals surface area contributed by atoms with Crippen molar-refractivity contribution in [1.29, 1.82) is 0 Å². The molecule has 1 N–H and O–H groups in total. The van der Waals surface area contributed by atoms with Crippen molar-refractivity contribution in [1.82, 2.24) is 9.97 Å². The molecule has 0 saturated heterocycles. The molecule has 0 saturated carbocycles. The molecule has 0 fully saturated rings. The lowest BCUT2D eigenvalue weighted by Crippen LogP contribution is -2.35. The number of methoxy groups -OCH3 is 1. The number of alkyl halides is 5. The molecule has 0 bridgehead atoms. The van der Waals surface area contributed by atoms with Crippen LogP contribution in [-0.2, 0) is 33.2 Å². The number of H-pyrrole nitrogens is 1. The minimum absolute atomic E-state index is 0.0784. The number of unbranched alkanes of at least 4 members (excludes halogenated alkanes) is 1. The SMILES string of the molecule is CCCCc1nc(C(F)(F)C(F)(F)F)c(COCOCCOC)[nH]1. The van der Waals surface area contributed by atoms with Gasteiger partial charge in [0.1, 0.15) is 18.3 Å². The fraction of sp³-hybridized carbons (Fsp3) is 0.786. The number of imidazole rings is 1. The summed E-state index contributed by atoms with van der Waals surface area (Å²) in [7, 11) is 1.47. The quantitative estimate of drug-likeness (QED) is 0.373. The summed E-state index contributed by atoms with van der Waals surface area (Å²) in [4.78, 5) is 5.95. The Kier molecular flexibility index (Phi) is 8.04. The molecule has 0 spiro atoms. The van der Waals surface area contributed by atoms with E-state index in [0.717, 1.165) is 6.42 Å². The highest BCUT2D eigenvalue weighted by Gasteiger charge is 2.61. The highest BCUT2D eigenvalue weighted by molar-refractivity contribution is 5.21. The first kappa shape index (κ1) is 20.8. The van der Waals surface area contributed by atoms with E-state index in [-0.39, 0.29) is 25.6 Å². The molecule has 1 heterocycles. The standard InChI is InChI=1S/C14H21F5N2O3/c1-3-4-5-11-20-10(8-24-9-23-7-6-22-2)12(21-11)13(15,16)14(17,18)19/h3-9H2,1-2H3,(H,20,21). The number of aromatic nitrogens is 2. The monoisotopic (exact) mass is 360 g/mol. The molecule has 0 aliphatic carbocycles. The zero-order valence-electron chi connectivity index (χ0n) is 13.5. The normalized spacial score (nSPS) is 12.8. The molecule has 1 rings (SSSR count). The smallest absolute Gasteiger partial charge is 0.382 e. The minimum Gasteiger partial charge on any atom is -0.382 e. The molecule has 1 aromatic heterocycles. The van der Waals surface area contributed by atoms with Crippen LogP contribution in [0.15, 0.2) is 0 Å². The Morgan fingerprint density at radius 1 is 1.08 bits per heavy atom. The fourth-order valence-corrected chi connectivity index (χ4v) is 1.83. The van der Waals surface area contributed by atoms with Gasteiger partial charge in [0.05, 0.1) is 25.5 Å². The fourth-order valence-electron chi connectivity index (χ4n) is 1.83. The molecule has 0 aliphatic rings. The van der Waals surface area contributed by atoms with E-state index >= 15 is 0 Å².